The van der Waals surface area contributed by atoms with Gasteiger partial charge in [-0.15, -0.1) is 0 Å². The normalized spacial score (nSPS) is 20.0. The summed E-state index contributed by atoms with van der Waals surface area (Å²) in [6.07, 6.45) is 0.173. The molecule has 30 heavy (non-hydrogen) atoms. The number of anilines is 2. The number of benzene rings is 2. The number of ether oxygens (including phenoxy) is 2. The van der Waals surface area contributed by atoms with Crippen molar-refractivity contribution < 1.29 is 24.2 Å². The zero-order valence-corrected chi connectivity index (χ0v) is 17.1. The van der Waals surface area contributed by atoms with Crippen LogP contribution in [0.3, 0.4) is 0 Å². The molecule has 2 aliphatic rings. The molecule has 158 valence electrons. The highest BCUT2D eigenvalue weighted by molar-refractivity contribution is 6.22. The summed E-state index contributed by atoms with van der Waals surface area (Å²) in [5, 5.41) is 9.46. The highest BCUT2D eigenvalue weighted by atomic mass is 16.5. The molecule has 2 aliphatic heterocycles. The van der Waals surface area contributed by atoms with E-state index < -0.39 is 6.04 Å². The highest BCUT2D eigenvalue weighted by Gasteiger charge is 2.43. The fraction of sp³-hybridized carbons (Fsp3) is 0.364. The molecule has 2 aromatic rings. The van der Waals surface area contributed by atoms with E-state index in [0.29, 0.717) is 30.3 Å². The van der Waals surface area contributed by atoms with Gasteiger partial charge >= 0.3 is 0 Å². The zero-order valence-electron chi connectivity index (χ0n) is 17.1. The van der Waals surface area contributed by atoms with Gasteiger partial charge in [0.1, 0.15) is 5.75 Å². The van der Waals surface area contributed by atoms with Gasteiger partial charge in [0.15, 0.2) is 11.5 Å². The van der Waals surface area contributed by atoms with Crippen LogP contribution in [0, 0.1) is 0 Å². The quantitative estimate of drug-likeness (QED) is 0.752. The Bertz CT molecular complexity index is 938. The Morgan fingerprint density at radius 3 is 2.13 bits per heavy atom. The third-order valence-electron chi connectivity index (χ3n) is 5.72. The van der Waals surface area contributed by atoms with E-state index in [0.717, 1.165) is 18.8 Å². The lowest BCUT2D eigenvalue weighted by molar-refractivity contribution is -0.123. The number of piperazine rings is 1. The van der Waals surface area contributed by atoms with Crippen molar-refractivity contribution in [1.29, 1.82) is 0 Å². The number of carbonyl (C=O) groups excluding carboxylic acids is 2. The molecule has 0 aromatic heterocycles. The highest BCUT2D eigenvalue weighted by Crippen LogP contribution is 2.34. The predicted molar refractivity (Wildman–Crippen MR) is 112 cm³/mol. The molecule has 2 heterocycles. The third kappa shape index (κ3) is 3.66. The van der Waals surface area contributed by atoms with Crippen molar-refractivity contribution in [3.8, 4) is 17.2 Å². The first-order valence-electron chi connectivity index (χ1n) is 9.88. The van der Waals surface area contributed by atoms with Crippen LogP contribution in [0.1, 0.15) is 6.42 Å². The topological polar surface area (TPSA) is 82.5 Å². The lowest BCUT2D eigenvalue weighted by Gasteiger charge is -2.38. The van der Waals surface area contributed by atoms with E-state index in [1.165, 1.54) is 19.1 Å². The summed E-state index contributed by atoms with van der Waals surface area (Å²) < 4.78 is 10.5. The van der Waals surface area contributed by atoms with Crippen LogP contribution < -0.4 is 19.3 Å². The fourth-order valence-corrected chi connectivity index (χ4v) is 4.09. The van der Waals surface area contributed by atoms with Gasteiger partial charge in [-0.1, -0.05) is 0 Å². The van der Waals surface area contributed by atoms with Crippen LogP contribution in [0.15, 0.2) is 42.5 Å². The second-order valence-corrected chi connectivity index (χ2v) is 7.37. The summed E-state index contributed by atoms with van der Waals surface area (Å²) in [5.74, 6) is 0.843. The van der Waals surface area contributed by atoms with E-state index in [1.54, 1.807) is 30.3 Å². The minimum Gasteiger partial charge on any atom is -0.508 e. The van der Waals surface area contributed by atoms with Gasteiger partial charge < -0.3 is 19.5 Å². The smallest absolute Gasteiger partial charge is 0.251 e. The standard InChI is InChI=1S/C22H25N3O5/c1-29-19-8-5-16(13-20(19)30-2)25-21(27)14-18(22(25)28)24-11-9-23(10-12-24)15-3-6-17(26)7-4-15/h3-8,13,18,26H,9-12,14H2,1-2H3/t18-/m1/s1. The maximum absolute atomic E-state index is 13.1. The minimum atomic E-state index is -0.451. The molecule has 1 atom stereocenters. The lowest BCUT2D eigenvalue weighted by atomic mass is 10.1. The van der Waals surface area contributed by atoms with Crippen molar-refractivity contribution in [2.45, 2.75) is 12.5 Å². The molecule has 8 nitrogen and oxygen atoms in total. The molecule has 0 aliphatic carbocycles. The van der Waals surface area contributed by atoms with Crippen LogP contribution in [0.4, 0.5) is 11.4 Å². The summed E-state index contributed by atoms with van der Waals surface area (Å²) >= 11 is 0. The Morgan fingerprint density at radius 2 is 1.50 bits per heavy atom. The number of hydrogen-bond donors (Lipinski definition) is 1. The number of methoxy groups -OCH3 is 2. The number of imide groups is 1. The van der Waals surface area contributed by atoms with E-state index >= 15 is 0 Å². The molecule has 8 heteroatoms. The maximum Gasteiger partial charge on any atom is 0.251 e. The summed E-state index contributed by atoms with van der Waals surface area (Å²) in [7, 11) is 3.06. The SMILES string of the molecule is COc1ccc(N2C(=O)C[C@@H](N3CCN(c4ccc(O)cc4)CC3)C2=O)cc1OC. The van der Waals surface area contributed by atoms with Gasteiger partial charge in [0.25, 0.3) is 5.91 Å². The minimum absolute atomic E-state index is 0.173. The van der Waals surface area contributed by atoms with Crippen LogP contribution in [0.2, 0.25) is 0 Å². The number of phenols is 1. The molecule has 0 spiro atoms. The molecule has 0 unspecified atom stereocenters. The van der Waals surface area contributed by atoms with E-state index in [9.17, 15) is 14.7 Å². The van der Waals surface area contributed by atoms with E-state index in [-0.39, 0.29) is 24.0 Å². The Kier molecular flexibility index (Phi) is 5.50. The molecular weight excluding hydrogens is 386 g/mol. The van der Waals surface area contributed by atoms with Crippen LogP contribution in [-0.4, -0.2) is 68.3 Å². The molecule has 4 rings (SSSR count). The van der Waals surface area contributed by atoms with Crippen molar-refractivity contribution in [1.82, 2.24) is 4.90 Å². The van der Waals surface area contributed by atoms with Gasteiger partial charge in [-0.3, -0.25) is 14.5 Å². The van der Waals surface area contributed by atoms with Gasteiger partial charge in [-0.05, 0) is 36.4 Å². The molecule has 0 saturated carbocycles. The number of carbonyl (C=O) groups is 2. The van der Waals surface area contributed by atoms with Crippen molar-refractivity contribution >= 4 is 23.2 Å². The second kappa shape index (κ2) is 8.23. The van der Waals surface area contributed by atoms with Crippen molar-refractivity contribution in [2.75, 3.05) is 50.2 Å². The summed E-state index contributed by atoms with van der Waals surface area (Å²) in [5.41, 5.74) is 1.53. The molecule has 2 fully saturated rings. The Hall–Kier alpha value is -3.26. The number of hydrogen-bond acceptors (Lipinski definition) is 7. The van der Waals surface area contributed by atoms with Crippen molar-refractivity contribution in [3.63, 3.8) is 0 Å². The zero-order chi connectivity index (χ0) is 21.3. The molecule has 2 aromatic carbocycles. The summed E-state index contributed by atoms with van der Waals surface area (Å²) in [4.78, 5) is 31.3. The number of amides is 2. The molecule has 1 N–H and O–H groups in total. The van der Waals surface area contributed by atoms with Gasteiger partial charge in [-0.2, -0.15) is 0 Å². The fourth-order valence-electron chi connectivity index (χ4n) is 4.09. The van der Waals surface area contributed by atoms with E-state index in [4.69, 9.17) is 9.47 Å². The molecule has 2 saturated heterocycles. The monoisotopic (exact) mass is 411 g/mol. The molecular formula is C22H25N3O5. The van der Waals surface area contributed by atoms with Crippen LogP contribution >= 0.6 is 0 Å². The largest absolute Gasteiger partial charge is 0.508 e. The Morgan fingerprint density at radius 1 is 0.867 bits per heavy atom. The summed E-state index contributed by atoms with van der Waals surface area (Å²) in [6, 6.07) is 11.7. The Balaban J connectivity index is 1.45. The number of phenolic OH excluding ortho intramolecular Hbond substituents is 1. The first-order valence-corrected chi connectivity index (χ1v) is 9.88. The van der Waals surface area contributed by atoms with Crippen molar-refractivity contribution in [3.05, 3.63) is 42.5 Å². The predicted octanol–water partition coefficient (Wildman–Crippen LogP) is 1.86. The van der Waals surface area contributed by atoms with E-state index in [1.807, 2.05) is 12.1 Å². The second-order valence-electron chi connectivity index (χ2n) is 7.37. The number of aromatic hydroxyl groups is 1. The van der Waals surface area contributed by atoms with E-state index in [2.05, 4.69) is 9.80 Å². The van der Waals surface area contributed by atoms with Crippen LogP contribution in [0.5, 0.6) is 17.2 Å². The van der Waals surface area contributed by atoms with Gasteiger partial charge in [0.2, 0.25) is 5.91 Å². The molecule has 0 bridgehead atoms. The molecule has 2 amide bonds. The Labute approximate surface area is 175 Å². The molecule has 0 radical (unpaired) electrons. The van der Waals surface area contributed by atoms with Crippen LogP contribution in [0.25, 0.3) is 0 Å². The first-order chi connectivity index (χ1) is 14.5. The summed E-state index contributed by atoms with van der Waals surface area (Å²) in [6.45, 7) is 2.87. The number of nitrogens with zero attached hydrogens (tertiary/aromatic N) is 3. The van der Waals surface area contributed by atoms with Crippen LogP contribution in [-0.2, 0) is 9.59 Å². The van der Waals surface area contributed by atoms with Gasteiger partial charge in [0.05, 0.1) is 32.4 Å². The lowest BCUT2D eigenvalue weighted by Crippen LogP contribution is -2.52. The average Bonchev–Trinajstić information content (AvgIpc) is 3.07. The third-order valence-corrected chi connectivity index (χ3v) is 5.72. The van der Waals surface area contributed by atoms with Gasteiger partial charge in [0, 0.05) is 37.9 Å². The van der Waals surface area contributed by atoms with Gasteiger partial charge in [-0.25, -0.2) is 4.90 Å². The number of rotatable bonds is 5. The first kappa shape index (κ1) is 20.0. The van der Waals surface area contributed by atoms with Crippen molar-refractivity contribution in [2.24, 2.45) is 0 Å². The maximum atomic E-state index is 13.1. The average molecular weight is 411 g/mol.